The molecule has 3 unspecified atom stereocenters. The Hall–Kier alpha value is 0.650. The topological polar surface area (TPSA) is 18.5 Å². The predicted octanol–water partition coefficient (Wildman–Crippen LogP) is 3.81. The van der Waals surface area contributed by atoms with Crippen molar-refractivity contribution in [3.8, 4) is 0 Å². The second-order valence-electron chi connectivity index (χ2n) is 5.04. The summed E-state index contributed by atoms with van der Waals surface area (Å²) in [5.41, 5.74) is 0. The molecule has 0 heterocycles. The van der Waals surface area contributed by atoms with E-state index in [0.717, 1.165) is 6.61 Å². The van der Waals surface area contributed by atoms with Crippen molar-refractivity contribution >= 4 is 22.6 Å². The lowest BCUT2D eigenvalue weighted by Gasteiger charge is -2.25. The molecule has 1 aliphatic carbocycles. The summed E-state index contributed by atoms with van der Waals surface area (Å²) in [5.74, 6) is 0.531. The molecule has 0 aromatic carbocycles. The van der Waals surface area contributed by atoms with Gasteiger partial charge in [-0.25, -0.2) is 0 Å². The van der Waals surface area contributed by atoms with E-state index in [1.165, 1.54) is 32.1 Å². The summed E-state index contributed by atoms with van der Waals surface area (Å²) in [5, 5.41) is 0. The van der Waals surface area contributed by atoms with E-state index in [1.807, 2.05) is 0 Å². The first-order chi connectivity index (χ1) is 7.65. The third kappa shape index (κ3) is 4.88. The molecule has 1 saturated carbocycles. The quantitative estimate of drug-likeness (QED) is 0.430. The van der Waals surface area contributed by atoms with E-state index in [2.05, 4.69) is 36.4 Å². The van der Waals surface area contributed by atoms with E-state index in [0.29, 0.717) is 15.9 Å². The zero-order chi connectivity index (χ0) is 12.0. The molecular weight excluding hydrogens is 315 g/mol. The van der Waals surface area contributed by atoms with E-state index in [1.54, 1.807) is 7.11 Å². The summed E-state index contributed by atoms with van der Waals surface area (Å²) < 4.78 is 12.2. The van der Waals surface area contributed by atoms with Gasteiger partial charge in [-0.2, -0.15) is 0 Å². The number of alkyl halides is 1. The molecule has 0 amide bonds. The molecule has 96 valence electrons. The van der Waals surface area contributed by atoms with Crippen LogP contribution in [0, 0.1) is 5.92 Å². The standard InChI is InChI=1S/C13H25IO2/c1-10(2)13(15-3)9-16-12-8-6-4-5-7-11(12)14/h10-13H,4-9H2,1-3H3. The summed E-state index contributed by atoms with van der Waals surface area (Å²) >= 11 is 2.55. The Balaban J connectivity index is 2.33. The number of halogens is 1. The van der Waals surface area contributed by atoms with E-state index in [4.69, 9.17) is 9.47 Å². The van der Waals surface area contributed by atoms with Gasteiger partial charge in [-0.1, -0.05) is 55.7 Å². The molecule has 3 heteroatoms. The van der Waals surface area contributed by atoms with Gasteiger partial charge in [-0.15, -0.1) is 0 Å². The summed E-state index contributed by atoms with van der Waals surface area (Å²) in [7, 11) is 1.78. The first kappa shape index (κ1) is 14.7. The van der Waals surface area contributed by atoms with Gasteiger partial charge in [0.2, 0.25) is 0 Å². The van der Waals surface area contributed by atoms with Crippen LogP contribution in [-0.2, 0) is 9.47 Å². The van der Waals surface area contributed by atoms with Crippen molar-refractivity contribution in [3.05, 3.63) is 0 Å². The third-order valence-corrected chi connectivity index (χ3v) is 4.82. The van der Waals surface area contributed by atoms with E-state index in [9.17, 15) is 0 Å². The number of ether oxygens (including phenoxy) is 2. The van der Waals surface area contributed by atoms with Crippen LogP contribution in [0.25, 0.3) is 0 Å². The van der Waals surface area contributed by atoms with Crippen LogP contribution in [-0.4, -0.2) is 29.8 Å². The Kier molecular flexibility index (Phi) is 7.24. The molecule has 0 spiro atoms. The summed E-state index contributed by atoms with van der Waals surface area (Å²) in [4.78, 5) is 0. The molecule has 0 aromatic rings. The summed E-state index contributed by atoms with van der Waals surface area (Å²) in [6, 6.07) is 0. The highest BCUT2D eigenvalue weighted by Gasteiger charge is 2.23. The van der Waals surface area contributed by atoms with Crippen molar-refractivity contribution in [2.75, 3.05) is 13.7 Å². The number of hydrogen-bond donors (Lipinski definition) is 0. The maximum atomic E-state index is 6.06. The molecule has 2 nitrogen and oxygen atoms in total. The second-order valence-corrected chi connectivity index (χ2v) is 6.64. The molecular formula is C13H25IO2. The van der Waals surface area contributed by atoms with Crippen LogP contribution in [0.5, 0.6) is 0 Å². The van der Waals surface area contributed by atoms with Crippen LogP contribution in [0.2, 0.25) is 0 Å². The Morgan fingerprint density at radius 3 is 2.50 bits per heavy atom. The van der Waals surface area contributed by atoms with Gasteiger partial charge in [-0.05, 0) is 18.8 Å². The molecule has 0 saturated heterocycles. The molecule has 0 aliphatic heterocycles. The third-order valence-electron chi connectivity index (χ3n) is 3.39. The number of hydrogen-bond acceptors (Lipinski definition) is 2. The minimum atomic E-state index is 0.242. The molecule has 0 N–H and O–H groups in total. The highest BCUT2D eigenvalue weighted by atomic mass is 127. The molecule has 1 aliphatic rings. The Morgan fingerprint density at radius 1 is 1.19 bits per heavy atom. The molecule has 1 fully saturated rings. The summed E-state index contributed by atoms with van der Waals surface area (Å²) in [6.45, 7) is 5.12. The molecule has 3 atom stereocenters. The van der Waals surface area contributed by atoms with Crippen molar-refractivity contribution in [1.82, 2.24) is 0 Å². The molecule has 16 heavy (non-hydrogen) atoms. The SMILES string of the molecule is COC(COC1CCCCCC1I)C(C)C. The lowest BCUT2D eigenvalue weighted by Crippen LogP contribution is -2.31. The zero-order valence-electron chi connectivity index (χ0n) is 10.7. The Bertz CT molecular complexity index is 185. The van der Waals surface area contributed by atoms with Gasteiger partial charge in [0.25, 0.3) is 0 Å². The van der Waals surface area contributed by atoms with Crippen LogP contribution >= 0.6 is 22.6 Å². The monoisotopic (exact) mass is 340 g/mol. The minimum absolute atomic E-state index is 0.242. The Labute approximate surface area is 114 Å². The first-order valence-corrected chi connectivity index (χ1v) is 7.68. The van der Waals surface area contributed by atoms with Crippen molar-refractivity contribution < 1.29 is 9.47 Å². The van der Waals surface area contributed by atoms with Crippen LogP contribution in [0.15, 0.2) is 0 Å². The fourth-order valence-electron chi connectivity index (χ4n) is 2.17. The lowest BCUT2D eigenvalue weighted by atomic mass is 10.1. The average Bonchev–Trinajstić information content (AvgIpc) is 2.44. The largest absolute Gasteiger partial charge is 0.379 e. The highest BCUT2D eigenvalue weighted by Crippen LogP contribution is 2.26. The van der Waals surface area contributed by atoms with Gasteiger partial charge in [0, 0.05) is 11.0 Å². The number of rotatable bonds is 5. The van der Waals surface area contributed by atoms with Crippen molar-refractivity contribution in [2.45, 2.75) is 62.1 Å². The smallest absolute Gasteiger partial charge is 0.0827 e. The van der Waals surface area contributed by atoms with Gasteiger partial charge < -0.3 is 9.47 Å². The molecule has 1 rings (SSSR count). The fourth-order valence-corrected chi connectivity index (χ4v) is 3.17. The van der Waals surface area contributed by atoms with Crippen LogP contribution in [0.3, 0.4) is 0 Å². The molecule has 0 radical (unpaired) electrons. The Morgan fingerprint density at radius 2 is 1.88 bits per heavy atom. The van der Waals surface area contributed by atoms with E-state index in [-0.39, 0.29) is 6.10 Å². The van der Waals surface area contributed by atoms with Crippen LogP contribution in [0.1, 0.15) is 46.0 Å². The maximum absolute atomic E-state index is 6.06. The second kappa shape index (κ2) is 7.88. The fraction of sp³-hybridized carbons (Fsp3) is 1.00. The van der Waals surface area contributed by atoms with Crippen LogP contribution < -0.4 is 0 Å². The molecule has 0 aromatic heterocycles. The highest BCUT2D eigenvalue weighted by molar-refractivity contribution is 14.1. The van der Waals surface area contributed by atoms with Gasteiger partial charge in [-0.3, -0.25) is 0 Å². The average molecular weight is 340 g/mol. The normalized spacial score (nSPS) is 29.1. The lowest BCUT2D eigenvalue weighted by molar-refractivity contribution is -0.0455. The van der Waals surface area contributed by atoms with Crippen molar-refractivity contribution in [3.63, 3.8) is 0 Å². The van der Waals surface area contributed by atoms with Crippen molar-refractivity contribution in [2.24, 2.45) is 5.92 Å². The van der Waals surface area contributed by atoms with Gasteiger partial charge in [0.1, 0.15) is 0 Å². The van der Waals surface area contributed by atoms with Gasteiger partial charge >= 0.3 is 0 Å². The van der Waals surface area contributed by atoms with E-state index < -0.39 is 0 Å². The summed E-state index contributed by atoms with van der Waals surface area (Å²) in [6.07, 6.45) is 7.28. The first-order valence-electron chi connectivity index (χ1n) is 6.43. The predicted molar refractivity (Wildman–Crippen MR) is 76.3 cm³/mol. The number of methoxy groups -OCH3 is 1. The minimum Gasteiger partial charge on any atom is -0.379 e. The van der Waals surface area contributed by atoms with Gasteiger partial charge in [0.05, 0.1) is 18.8 Å². The van der Waals surface area contributed by atoms with E-state index >= 15 is 0 Å². The van der Waals surface area contributed by atoms with Crippen molar-refractivity contribution in [1.29, 1.82) is 0 Å². The van der Waals surface area contributed by atoms with Gasteiger partial charge in [0.15, 0.2) is 0 Å². The maximum Gasteiger partial charge on any atom is 0.0827 e. The zero-order valence-corrected chi connectivity index (χ0v) is 12.9. The molecule has 0 bridgehead atoms. The van der Waals surface area contributed by atoms with Crippen LogP contribution in [0.4, 0.5) is 0 Å².